The third-order valence-corrected chi connectivity index (χ3v) is 8.79. The molecule has 1 aliphatic heterocycles. The molecule has 20 heavy (non-hydrogen) atoms. The fourth-order valence-corrected chi connectivity index (χ4v) is 3.21. The Morgan fingerprint density at radius 2 is 1.95 bits per heavy atom. The minimum Gasteiger partial charge on any atom is -0.469 e. The summed E-state index contributed by atoms with van der Waals surface area (Å²) in [5.74, 6) is -0.269. The predicted molar refractivity (Wildman–Crippen MR) is 79.1 cm³/mol. The monoisotopic (exact) mass is 304 g/mol. The second-order valence-electron chi connectivity index (χ2n) is 6.91. The Balaban J connectivity index is 2.65. The first-order valence-electron chi connectivity index (χ1n) is 7.11. The maximum atomic E-state index is 11.5. The Kier molecular flexibility index (Phi) is 5.77. The molecule has 6 heteroatoms. The van der Waals surface area contributed by atoms with Crippen molar-refractivity contribution >= 4 is 14.3 Å². The molecular formula is C14H28O5Si. The second-order valence-corrected chi connectivity index (χ2v) is 11.7. The van der Waals surface area contributed by atoms with Gasteiger partial charge in [-0.2, -0.15) is 0 Å². The van der Waals surface area contributed by atoms with Crippen LogP contribution in [0.1, 0.15) is 33.6 Å². The van der Waals surface area contributed by atoms with Gasteiger partial charge < -0.3 is 19.0 Å². The smallest absolute Gasteiger partial charge is 0.308 e. The number of aliphatic hydroxyl groups is 1. The quantitative estimate of drug-likeness (QED) is 0.443. The van der Waals surface area contributed by atoms with Gasteiger partial charge in [0.05, 0.1) is 32.3 Å². The molecule has 0 amide bonds. The Morgan fingerprint density at radius 1 is 1.35 bits per heavy atom. The molecule has 1 aliphatic rings. The number of aliphatic hydroxyl groups excluding tert-OH is 1. The van der Waals surface area contributed by atoms with E-state index < -0.39 is 8.32 Å². The normalized spacial score (nSPS) is 24.4. The number of esters is 1. The van der Waals surface area contributed by atoms with E-state index in [0.29, 0.717) is 6.42 Å². The van der Waals surface area contributed by atoms with E-state index in [1.54, 1.807) is 0 Å². The molecule has 1 heterocycles. The van der Waals surface area contributed by atoms with Gasteiger partial charge >= 0.3 is 5.97 Å². The molecule has 0 aromatic heterocycles. The van der Waals surface area contributed by atoms with Crippen molar-refractivity contribution in [2.45, 2.75) is 70.1 Å². The molecule has 0 radical (unpaired) electrons. The predicted octanol–water partition coefficient (Wildman–Crippen LogP) is 2.09. The lowest BCUT2D eigenvalue weighted by Crippen LogP contribution is -2.44. The lowest BCUT2D eigenvalue weighted by atomic mass is 10.1. The highest BCUT2D eigenvalue weighted by Gasteiger charge is 2.44. The maximum Gasteiger partial charge on any atom is 0.308 e. The highest BCUT2D eigenvalue weighted by atomic mass is 28.4. The molecule has 0 spiro atoms. The summed E-state index contributed by atoms with van der Waals surface area (Å²) in [5, 5.41) is 9.12. The number of epoxide rings is 1. The first-order valence-corrected chi connectivity index (χ1v) is 10.0. The van der Waals surface area contributed by atoms with Gasteiger partial charge in [-0.25, -0.2) is 0 Å². The van der Waals surface area contributed by atoms with Gasteiger partial charge in [0, 0.05) is 6.42 Å². The lowest BCUT2D eigenvalue weighted by molar-refractivity contribution is -0.142. The third kappa shape index (κ3) is 4.84. The van der Waals surface area contributed by atoms with Gasteiger partial charge in [0.1, 0.15) is 6.10 Å². The summed E-state index contributed by atoms with van der Waals surface area (Å²) in [4.78, 5) is 11.5. The summed E-state index contributed by atoms with van der Waals surface area (Å²) in [7, 11) is -0.560. The summed E-state index contributed by atoms with van der Waals surface area (Å²) in [6, 6.07) is 0. The summed E-state index contributed by atoms with van der Waals surface area (Å²) in [6.45, 7) is 10.8. The molecule has 0 aliphatic carbocycles. The minimum absolute atomic E-state index is 0.000533. The van der Waals surface area contributed by atoms with Crippen LogP contribution in [0.5, 0.6) is 0 Å². The van der Waals surface area contributed by atoms with Crippen molar-refractivity contribution in [1.29, 1.82) is 0 Å². The standard InChI is InChI=1S/C14H28O5Si/c1-14(2,3)20(5,6)19-10(8-13(16)17-4)7-11-12(9-15)18-11/h10-12,15H,7-9H2,1-6H3/t10?,11-,12-/m0/s1. The van der Waals surface area contributed by atoms with Crippen LogP contribution in [0.3, 0.4) is 0 Å². The largest absolute Gasteiger partial charge is 0.469 e. The van der Waals surface area contributed by atoms with E-state index in [1.807, 2.05) is 0 Å². The van der Waals surface area contributed by atoms with Crippen LogP contribution in [-0.2, 0) is 18.7 Å². The van der Waals surface area contributed by atoms with Crippen molar-refractivity contribution in [2.75, 3.05) is 13.7 Å². The first-order chi connectivity index (χ1) is 9.10. The van der Waals surface area contributed by atoms with E-state index in [9.17, 15) is 4.79 Å². The molecule has 1 saturated heterocycles. The highest BCUT2D eigenvalue weighted by molar-refractivity contribution is 6.74. The summed E-state index contributed by atoms with van der Waals surface area (Å²) in [5.41, 5.74) is 0. The highest BCUT2D eigenvalue weighted by Crippen LogP contribution is 2.39. The van der Waals surface area contributed by atoms with Crippen molar-refractivity contribution in [3.63, 3.8) is 0 Å². The van der Waals surface area contributed by atoms with Crippen LogP contribution in [0, 0.1) is 0 Å². The van der Waals surface area contributed by atoms with Gasteiger partial charge in [0.15, 0.2) is 8.32 Å². The maximum absolute atomic E-state index is 11.5. The van der Waals surface area contributed by atoms with E-state index in [-0.39, 0.29) is 42.3 Å². The van der Waals surface area contributed by atoms with Crippen LogP contribution in [-0.4, -0.2) is 51.4 Å². The van der Waals surface area contributed by atoms with Crippen LogP contribution >= 0.6 is 0 Å². The zero-order chi connectivity index (χ0) is 15.6. The van der Waals surface area contributed by atoms with Gasteiger partial charge in [-0.3, -0.25) is 4.79 Å². The molecule has 0 aromatic rings. The van der Waals surface area contributed by atoms with E-state index in [1.165, 1.54) is 7.11 Å². The Labute approximate surface area is 122 Å². The van der Waals surface area contributed by atoms with E-state index in [4.69, 9.17) is 19.0 Å². The first kappa shape index (κ1) is 17.6. The molecule has 5 nitrogen and oxygen atoms in total. The Hall–Kier alpha value is -0.433. The SMILES string of the molecule is COC(=O)CC(C[C@@H]1O[C@H]1CO)O[Si](C)(C)C(C)(C)C. The van der Waals surface area contributed by atoms with Crippen molar-refractivity contribution < 1.29 is 23.8 Å². The summed E-state index contributed by atoms with van der Waals surface area (Å²) < 4.78 is 16.4. The number of methoxy groups -OCH3 is 1. The van der Waals surface area contributed by atoms with Gasteiger partial charge in [0.25, 0.3) is 0 Å². The fourth-order valence-electron chi connectivity index (χ4n) is 1.84. The Morgan fingerprint density at radius 3 is 2.35 bits per heavy atom. The molecule has 1 N–H and O–H groups in total. The molecule has 0 saturated carbocycles. The Bertz CT molecular complexity index is 337. The van der Waals surface area contributed by atoms with Crippen molar-refractivity contribution in [2.24, 2.45) is 0 Å². The molecule has 1 rings (SSSR count). The fraction of sp³-hybridized carbons (Fsp3) is 0.929. The third-order valence-electron chi connectivity index (χ3n) is 4.25. The number of hydrogen-bond donors (Lipinski definition) is 1. The average molecular weight is 304 g/mol. The topological polar surface area (TPSA) is 68.3 Å². The molecule has 0 bridgehead atoms. The zero-order valence-electron chi connectivity index (χ0n) is 13.4. The molecule has 1 fully saturated rings. The number of hydrogen-bond acceptors (Lipinski definition) is 5. The molecular weight excluding hydrogens is 276 g/mol. The molecule has 0 aromatic carbocycles. The van der Waals surface area contributed by atoms with Crippen LogP contribution in [0.15, 0.2) is 0 Å². The molecule has 118 valence electrons. The van der Waals surface area contributed by atoms with Crippen LogP contribution in [0.4, 0.5) is 0 Å². The van der Waals surface area contributed by atoms with Gasteiger partial charge in [-0.15, -0.1) is 0 Å². The van der Waals surface area contributed by atoms with Crippen LogP contribution in [0.25, 0.3) is 0 Å². The number of ether oxygens (including phenoxy) is 2. The number of carbonyl (C=O) groups excluding carboxylic acids is 1. The molecule has 1 unspecified atom stereocenters. The average Bonchev–Trinajstić information content (AvgIpc) is 3.05. The summed E-state index contributed by atoms with van der Waals surface area (Å²) >= 11 is 0. The van der Waals surface area contributed by atoms with Gasteiger partial charge in [-0.1, -0.05) is 20.8 Å². The number of carbonyl (C=O) groups is 1. The zero-order valence-corrected chi connectivity index (χ0v) is 14.4. The van der Waals surface area contributed by atoms with Crippen molar-refractivity contribution in [3.8, 4) is 0 Å². The van der Waals surface area contributed by atoms with Gasteiger partial charge in [0.2, 0.25) is 0 Å². The van der Waals surface area contributed by atoms with Crippen LogP contribution < -0.4 is 0 Å². The van der Waals surface area contributed by atoms with E-state index in [2.05, 4.69) is 33.9 Å². The van der Waals surface area contributed by atoms with E-state index >= 15 is 0 Å². The second kappa shape index (κ2) is 6.55. The number of rotatable bonds is 7. The summed E-state index contributed by atoms with van der Waals surface area (Å²) in [6.07, 6.45) is 0.566. The van der Waals surface area contributed by atoms with Crippen molar-refractivity contribution in [3.05, 3.63) is 0 Å². The molecule has 3 atom stereocenters. The lowest BCUT2D eigenvalue weighted by Gasteiger charge is -2.39. The van der Waals surface area contributed by atoms with E-state index in [0.717, 1.165) is 0 Å². The minimum atomic E-state index is -1.94. The van der Waals surface area contributed by atoms with Crippen molar-refractivity contribution in [1.82, 2.24) is 0 Å². The van der Waals surface area contributed by atoms with Gasteiger partial charge in [-0.05, 0) is 18.1 Å². The van der Waals surface area contributed by atoms with Crippen LogP contribution in [0.2, 0.25) is 18.1 Å².